The number of benzene rings is 2. The summed E-state index contributed by atoms with van der Waals surface area (Å²) in [4.78, 5) is 1.83. The highest BCUT2D eigenvalue weighted by atomic mass is 32.2. The zero-order valence-electron chi connectivity index (χ0n) is 12.3. The molecule has 2 aromatic rings. The summed E-state index contributed by atoms with van der Waals surface area (Å²) in [5.41, 5.74) is -0.240. The van der Waals surface area contributed by atoms with Crippen LogP contribution >= 0.6 is 11.8 Å². The van der Waals surface area contributed by atoms with Crippen LogP contribution in [0.5, 0.6) is 0 Å². The second-order valence-electron chi connectivity index (χ2n) is 4.79. The summed E-state index contributed by atoms with van der Waals surface area (Å²) in [5.74, 6) is 0. The molecule has 2 rings (SSSR count). The highest BCUT2D eigenvalue weighted by Gasteiger charge is 2.29. The van der Waals surface area contributed by atoms with Crippen LogP contribution in [0, 0.1) is 0 Å². The molecule has 0 fully saturated rings. The fourth-order valence-corrected chi connectivity index (χ4v) is 2.90. The van der Waals surface area contributed by atoms with Crippen LogP contribution in [0.2, 0.25) is 0 Å². The number of hydrogen-bond donors (Lipinski definition) is 1. The Morgan fingerprint density at radius 2 is 1.67 bits per heavy atom. The molecule has 0 amide bonds. The molecular weight excluding hydrogens is 280 g/mol. The largest absolute Gasteiger partial charge is 0.501 e. The van der Waals surface area contributed by atoms with Crippen molar-refractivity contribution in [2.75, 3.05) is 6.61 Å². The van der Waals surface area contributed by atoms with Gasteiger partial charge in [0.2, 0.25) is 0 Å². The molecule has 0 aliphatic heterocycles. The van der Waals surface area contributed by atoms with Crippen molar-refractivity contribution in [1.29, 1.82) is 0 Å². The summed E-state index contributed by atoms with van der Waals surface area (Å²) in [6.07, 6.45) is 1.66. The van der Waals surface area contributed by atoms with E-state index in [1.165, 1.54) is 11.8 Å². The summed E-state index contributed by atoms with van der Waals surface area (Å²) in [6, 6.07) is 19.6. The van der Waals surface area contributed by atoms with E-state index >= 15 is 0 Å². The van der Waals surface area contributed by atoms with E-state index in [0.29, 0.717) is 6.61 Å². The van der Waals surface area contributed by atoms with Gasteiger partial charge in [-0.05, 0) is 31.5 Å². The first-order valence-corrected chi connectivity index (χ1v) is 7.79. The van der Waals surface area contributed by atoms with Gasteiger partial charge in [0, 0.05) is 4.90 Å². The SMILES string of the molecule is CCO/C=C(\Sc1ccccc1)C(C)(O)c1ccccc1. The lowest BCUT2D eigenvalue weighted by atomic mass is 9.96. The van der Waals surface area contributed by atoms with Crippen LogP contribution < -0.4 is 0 Å². The summed E-state index contributed by atoms with van der Waals surface area (Å²) < 4.78 is 5.43. The van der Waals surface area contributed by atoms with Crippen molar-refractivity contribution in [3.8, 4) is 0 Å². The Labute approximate surface area is 130 Å². The van der Waals surface area contributed by atoms with Gasteiger partial charge in [0.1, 0.15) is 5.60 Å². The number of rotatable bonds is 6. The van der Waals surface area contributed by atoms with E-state index in [4.69, 9.17) is 4.74 Å². The zero-order valence-corrected chi connectivity index (χ0v) is 13.1. The molecule has 2 aromatic carbocycles. The molecule has 3 heteroatoms. The minimum atomic E-state index is -1.09. The van der Waals surface area contributed by atoms with E-state index in [2.05, 4.69) is 0 Å². The molecule has 0 saturated carbocycles. The van der Waals surface area contributed by atoms with Crippen LogP contribution in [-0.2, 0) is 10.3 Å². The topological polar surface area (TPSA) is 29.5 Å². The maximum absolute atomic E-state index is 11.0. The average Bonchev–Trinajstić information content (AvgIpc) is 2.53. The molecule has 1 unspecified atom stereocenters. The summed E-state index contributed by atoms with van der Waals surface area (Å²) in [6.45, 7) is 4.30. The Bertz CT molecular complexity index is 577. The smallest absolute Gasteiger partial charge is 0.121 e. The average molecular weight is 300 g/mol. The second-order valence-corrected chi connectivity index (χ2v) is 5.91. The van der Waals surface area contributed by atoms with Gasteiger partial charge >= 0.3 is 0 Å². The first-order chi connectivity index (χ1) is 10.1. The predicted octanol–water partition coefficient (Wildman–Crippen LogP) is 4.56. The fraction of sp³-hybridized carbons (Fsp3) is 0.222. The molecular formula is C18H20O2S. The molecule has 1 N–H and O–H groups in total. The maximum atomic E-state index is 11.0. The third kappa shape index (κ3) is 4.13. The van der Waals surface area contributed by atoms with Crippen molar-refractivity contribution in [3.05, 3.63) is 77.4 Å². The van der Waals surface area contributed by atoms with Gasteiger partial charge in [-0.1, -0.05) is 60.3 Å². The lowest BCUT2D eigenvalue weighted by molar-refractivity contribution is 0.102. The third-order valence-electron chi connectivity index (χ3n) is 3.14. The fourth-order valence-electron chi connectivity index (χ4n) is 1.92. The Kier molecular flexibility index (Phi) is 5.48. The van der Waals surface area contributed by atoms with E-state index in [-0.39, 0.29) is 0 Å². The minimum absolute atomic E-state index is 0.573. The summed E-state index contributed by atoms with van der Waals surface area (Å²) >= 11 is 1.52. The van der Waals surface area contributed by atoms with Crippen molar-refractivity contribution in [1.82, 2.24) is 0 Å². The van der Waals surface area contributed by atoms with Crippen LogP contribution in [0.3, 0.4) is 0 Å². The third-order valence-corrected chi connectivity index (χ3v) is 4.37. The molecule has 21 heavy (non-hydrogen) atoms. The minimum Gasteiger partial charge on any atom is -0.501 e. The van der Waals surface area contributed by atoms with Crippen LogP contribution in [-0.4, -0.2) is 11.7 Å². The highest BCUT2D eigenvalue weighted by molar-refractivity contribution is 8.03. The van der Waals surface area contributed by atoms with Gasteiger partial charge in [-0.15, -0.1) is 0 Å². The van der Waals surface area contributed by atoms with E-state index in [1.807, 2.05) is 67.6 Å². The van der Waals surface area contributed by atoms with Gasteiger partial charge < -0.3 is 9.84 Å². The van der Waals surface area contributed by atoms with Crippen LogP contribution in [0.4, 0.5) is 0 Å². The van der Waals surface area contributed by atoms with Gasteiger partial charge in [0.25, 0.3) is 0 Å². The van der Waals surface area contributed by atoms with E-state index < -0.39 is 5.60 Å². The molecule has 0 aliphatic carbocycles. The predicted molar refractivity (Wildman–Crippen MR) is 88.0 cm³/mol. The van der Waals surface area contributed by atoms with Gasteiger partial charge in [0.15, 0.2) is 0 Å². The highest BCUT2D eigenvalue weighted by Crippen LogP contribution is 2.40. The van der Waals surface area contributed by atoms with Gasteiger partial charge in [-0.2, -0.15) is 0 Å². The lowest BCUT2D eigenvalue weighted by Crippen LogP contribution is -2.22. The van der Waals surface area contributed by atoms with Gasteiger partial charge in [-0.25, -0.2) is 0 Å². The molecule has 110 valence electrons. The van der Waals surface area contributed by atoms with Crippen molar-refractivity contribution < 1.29 is 9.84 Å². The van der Waals surface area contributed by atoms with Crippen molar-refractivity contribution in [2.45, 2.75) is 24.3 Å². The number of ether oxygens (including phenoxy) is 1. The molecule has 0 bridgehead atoms. The van der Waals surface area contributed by atoms with Crippen molar-refractivity contribution in [3.63, 3.8) is 0 Å². The zero-order chi connectivity index (χ0) is 15.1. The van der Waals surface area contributed by atoms with Crippen molar-refractivity contribution >= 4 is 11.8 Å². The molecule has 0 heterocycles. The molecule has 2 nitrogen and oxygen atoms in total. The van der Waals surface area contributed by atoms with Crippen LogP contribution in [0.1, 0.15) is 19.4 Å². The quantitative estimate of drug-likeness (QED) is 0.626. The normalized spacial score (nSPS) is 14.5. The lowest BCUT2D eigenvalue weighted by Gasteiger charge is -2.26. The summed E-state index contributed by atoms with van der Waals surface area (Å²) in [7, 11) is 0. The van der Waals surface area contributed by atoms with Crippen molar-refractivity contribution in [2.24, 2.45) is 0 Å². The molecule has 1 atom stereocenters. The number of thioether (sulfide) groups is 1. The number of aliphatic hydroxyl groups is 1. The first-order valence-electron chi connectivity index (χ1n) is 6.97. The Morgan fingerprint density at radius 3 is 2.24 bits per heavy atom. The molecule has 0 saturated heterocycles. The Morgan fingerprint density at radius 1 is 1.10 bits per heavy atom. The van der Waals surface area contributed by atoms with E-state index in [1.54, 1.807) is 13.2 Å². The Hall–Kier alpha value is -1.71. The standard InChI is InChI=1S/C18H20O2S/c1-3-20-14-17(21-16-12-8-5-9-13-16)18(2,19)15-10-6-4-7-11-15/h4-14,19H,3H2,1-2H3/b17-14-. The van der Waals surface area contributed by atoms with Gasteiger partial charge in [0.05, 0.1) is 17.8 Å². The van der Waals surface area contributed by atoms with Crippen LogP contribution in [0.25, 0.3) is 0 Å². The second kappa shape index (κ2) is 7.34. The molecule has 0 radical (unpaired) electrons. The summed E-state index contributed by atoms with van der Waals surface area (Å²) in [5, 5.41) is 11.0. The van der Waals surface area contributed by atoms with E-state index in [0.717, 1.165) is 15.4 Å². The number of hydrogen-bond acceptors (Lipinski definition) is 3. The van der Waals surface area contributed by atoms with Crippen LogP contribution in [0.15, 0.2) is 76.7 Å². The Balaban J connectivity index is 2.31. The maximum Gasteiger partial charge on any atom is 0.121 e. The molecule has 0 aromatic heterocycles. The first kappa shape index (κ1) is 15.7. The van der Waals surface area contributed by atoms with Gasteiger partial charge in [-0.3, -0.25) is 0 Å². The molecule has 0 spiro atoms. The molecule has 0 aliphatic rings. The monoisotopic (exact) mass is 300 g/mol. The van der Waals surface area contributed by atoms with E-state index in [9.17, 15) is 5.11 Å².